The van der Waals surface area contributed by atoms with Crippen LogP contribution in [0.4, 0.5) is 0 Å². The molecule has 6 heteroatoms. The van der Waals surface area contributed by atoms with Gasteiger partial charge < -0.3 is 15.4 Å². The predicted octanol–water partition coefficient (Wildman–Crippen LogP) is 1.11. The molecule has 0 aromatic rings. The molecule has 3 atom stereocenters. The van der Waals surface area contributed by atoms with E-state index >= 15 is 0 Å². The Balaban J connectivity index is 0.00000200. The van der Waals surface area contributed by atoms with Crippen molar-refractivity contribution in [2.45, 2.75) is 32.6 Å². The van der Waals surface area contributed by atoms with Gasteiger partial charge >= 0.3 is 5.97 Å². The number of carbonyl (C=O) groups is 2. The van der Waals surface area contributed by atoms with Crippen molar-refractivity contribution in [3.8, 4) is 0 Å². The highest BCUT2D eigenvalue weighted by molar-refractivity contribution is 5.85. The van der Waals surface area contributed by atoms with Gasteiger partial charge in [0, 0.05) is 13.1 Å². The minimum atomic E-state index is -0.290. The number of fused-ring (bicyclic) bond motifs is 1. The highest BCUT2D eigenvalue weighted by Crippen LogP contribution is 2.43. The van der Waals surface area contributed by atoms with Crippen molar-refractivity contribution in [3.05, 3.63) is 0 Å². The van der Waals surface area contributed by atoms with Crippen LogP contribution in [0, 0.1) is 17.3 Å². The maximum atomic E-state index is 12.5. The van der Waals surface area contributed by atoms with Gasteiger partial charge in [-0.15, -0.1) is 12.4 Å². The number of nitrogens with one attached hydrogen (secondary N) is 2. The van der Waals surface area contributed by atoms with Crippen LogP contribution >= 0.6 is 12.4 Å². The van der Waals surface area contributed by atoms with E-state index < -0.39 is 0 Å². The normalized spacial score (nSPS) is 29.8. The maximum absolute atomic E-state index is 12.5. The molecule has 1 aliphatic carbocycles. The monoisotopic (exact) mass is 304 g/mol. The lowest BCUT2D eigenvalue weighted by molar-refractivity contribution is -0.145. The molecule has 0 spiro atoms. The molecule has 1 saturated heterocycles. The topological polar surface area (TPSA) is 67.4 Å². The molecule has 2 N–H and O–H groups in total. The average molecular weight is 305 g/mol. The highest BCUT2D eigenvalue weighted by atomic mass is 35.5. The van der Waals surface area contributed by atoms with Gasteiger partial charge in [-0.1, -0.05) is 19.8 Å². The van der Waals surface area contributed by atoms with Crippen molar-refractivity contribution in [2.75, 3.05) is 26.7 Å². The fourth-order valence-corrected chi connectivity index (χ4v) is 3.40. The molecular weight excluding hydrogens is 280 g/mol. The van der Waals surface area contributed by atoms with E-state index in [9.17, 15) is 9.59 Å². The third kappa shape index (κ3) is 3.26. The van der Waals surface area contributed by atoms with Crippen molar-refractivity contribution in [2.24, 2.45) is 17.3 Å². The minimum Gasteiger partial charge on any atom is -0.469 e. The second kappa shape index (κ2) is 7.27. The number of halogens is 1. The Labute approximate surface area is 126 Å². The number of methoxy groups -OCH3 is 1. The van der Waals surface area contributed by atoms with E-state index in [0.29, 0.717) is 12.5 Å². The largest absolute Gasteiger partial charge is 0.469 e. The first-order valence-corrected chi connectivity index (χ1v) is 7.17. The average Bonchev–Trinajstić information content (AvgIpc) is 2.88. The molecule has 20 heavy (non-hydrogen) atoms. The zero-order chi connectivity index (χ0) is 13.9. The molecule has 0 radical (unpaired) electrons. The van der Waals surface area contributed by atoms with Crippen LogP contribution in [-0.2, 0) is 14.3 Å². The third-order valence-electron chi connectivity index (χ3n) is 4.66. The van der Waals surface area contributed by atoms with Crippen LogP contribution in [0.5, 0.6) is 0 Å². The number of rotatable bonds is 4. The highest BCUT2D eigenvalue weighted by Gasteiger charge is 2.49. The zero-order valence-electron chi connectivity index (χ0n) is 12.2. The second-order valence-electron chi connectivity index (χ2n) is 5.86. The second-order valence-corrected chi connectivity index (χ2v) is 5.86. The van der Waals surface area contributed by atoms with E-state index in [4.69, 9.17) is 0 Å². The molecular formula is C14H25ClN2O3. The lowest BCUT2D eigenvalue weighted by Crippen LogP contribution is -2.49. The lowest BCUT2D eigenvalue weighted by Gasteiger charge is -2.37. The number of amides is 1. The zero-order valence-corrected chi connectivity index (χ0v) is 13.1. The van der Waals surface area contributed by atoms with Crippen molar-refractivity contribution in [3.63, 3.8) is 0 Å². The Hall–Kier alpha value is -0.810. The molecule has 1 unspecified atom stereocenters. The van der Waals surface area contributed by atoms with Gasteiger partial charge in [0.2, 0.25) is 5.91 Å². The van der Waals surface area contributed by atoms with Crippen LogP contribution in [0.25, 0.3) is 0 Å². The van der Waals surface area contributed by atoms with Gasteiger partial charge in [-0.3, -0.25) is 9.59 Å². The summed E-state index contributed by atoms with van der Waals surface area (Å²) in [6.07, 6.45) is 4.44. The van der Waals surface area contributed by atoms with Gasteiger partial charge in [0.1, 0.15) is 0 Å². The first-order chi connectivity index (χ1) is 9.10. The number of hydrogen-bond donors (Lipinski definition) is 2. The maximum Gasteiger partial charge on any atom is 0.310 e. The molecule has 1 amide bonds. The molecule has 2 aliphatic rings. The van der Waals surface area contributed by atoms with Crippen molar-refractivity contribution >= 4 is 24.3 Å². The summed E-state index contributed by atoms with van der Waals surface area (Å²) in [4.78, 5) is 23.9. The number of carbonyl (C=O) groups excluding carboxylic acids is 2. The minimum absolute atomic E-state index is 0. The van der Waals surface area contributed by atoms with Gasteiger partial charge in [0.05, 0.1) is 18.4 Å². The van der Waals surface area contributed by atoms with Crippen LogP contribution < -0.4 is 10.6 Å². The first kappa shape index (κ1) is 17.2. The van der Waals surface area contributed by atoms with Crippen LogP contribution in [-0.4, -0.2) is 38.6 Å². The van der Waals surface area contributed by atoms with Gasteiger partial charge in [0.15, 0.2) is 0 Å². The Morgan fingerprint density at radius 1 is 1.45 bits per heavy atom. The van der Waals surface area contributed by atoms with E-state index in [1.807, 2.05) is 0 Å². The summed E-state index contributed by atoms with van der Waals surface area (Å²) < 4.78 is 4.67. The molecule has 116 valence electrons. The lowest BCUT2D eigenvalue weighted by atomic mass is 9.67. The van der Waals surface area contributed by atoms with E-state index in [0.717, 1.165) is 32.4 Å². The van der Waals surface area contributed by atoms with Crippen LogP contribution in [0.2, 0.25) is 0 Å². The summed E-state index contributed by atoms with van der Waals surface area (Å²) in [6.45, 7) is 3.85. The Morgan fingerprint density at radius 3 is 2.90 bits per heavy atom. The molecule has 0 aromatic heterocycles. The predicted molar refractivity (Wildman–Crippen MR) is 78.7 cm³/mol. The first-order valence-electron chi connectivity index (χ1n) is 7.17. The quantitative estimate of drug-likeness (QED) is 0.764. The summed E-state index contributed by atoms with van der Waals surface area (Å²) in [7, 11) is 1.37. The van der Waals surface area contributed by atoms with Gasteiger partial charge in [0.25, 0.3) is 0 Å². The number of hydrogen-bond acceptors (Lipinski definition) is 4. The summed E-state index contributed by atoms with van der Waals surface area (Å²) >= 11 is 0. The molecule has 1 aliphatic heterocycles. The smallest absolute Gasteiger partial charge is 0.310 e. The van der Waals surface area contributed by atoms with Crippen molar-refractivity contribution in [1.82, 2.24) is 10.6 Å². The van der Waals surface area contributed by atoms with E-state index in [1.165, 1.54) is 13.5 Å². The van der Waals surface area contributed by atoms with Crippen LogP contribution in [0.3, 0.4) is 0 Å². The summed E-state index contributed by atoms with van der Waals surface area (Å²) in [5.41, 5.74) is -0.242. The molecule has 1 heterocycles. The fraction of sp³-hybridized carbons (Fsp3) is 0.857. The van der Waals surface area contributed by atoms with Gasteiger partial charge in [-0.2, -0.15) is 0 Å². The molecule has 5 nitrogen and oxygen atoms in total. The van der Waals surface area contributed by atoms with Crippen LogP contribution in [0.1, 0.15) is 32.6 Å². The SMILES string of the molecule is COC(=O)C(C)CNC(=O)[C@@]12CCCC[C@H]1CNC2.Cl. The van der Waals surface area contributed by atoms with Gasteiger partial charge in [-0.05, 0) is 25.3 Å². The van der Waals surface area contributed by atoms with E-state index in [-0.39, 0.29) is 35.6 Å². The summed E-state index contributed by atoms with van der Waals surface area (Å²) in [5.74, 6) is -0.00284. The molecule has 1 saturated carbocycles. The van der Waals surface area contributed by atoms with Crippen molar-refractivity contribution in [1.29, 1.82) is 0 Å². The molecule has 0 aromatic carbocycles. The van der Waals surface area contributed by atoms with Gasteiger partial charge in [-0.25, -0.2) is 0 Å². The van der Waals surface area contributed by atoms with Crippen LogP contribution in [0.15, 0.2) is 0 Å². The number of ether oxygens (including phenoxy) is 1. The molecule has 2 rings (SSSR count). The summed E-state index contributed by atoms with van der Waals surface area (Å²) in [5, 5.41) is 6.30. The Morgan fingerprint density at radius 2 is 2.20 bits per heavy atom. The summed E-state index contributed by atoms with van der Waals surface area (Å²) in [6, 6.07) is 0. The molecule has 2 fully saturated rings. The standard InChI is InChI=1S/C14H24N2O3.ClH/c1-10(12(17)19-2)7-16-13(18)14-6-4-3-5-11(14)8-15-9-14;/h10-11,15H,3-9H2,1-2H3,(H,16,18);1H/t10?,11-,14+;/m0./s1. The van der Waals surface area contributed by atoms with E-state index in [1.54, 1.807) is 6.92 Å². The van der Waals surface area contributed by atoms with Crippen molar-refractivity contribution < 1.29 is 14.3 Å². The Kier molecular flexibility index (Phi) is 6.27. The number of esters is 1. The fourth-order valence-electron chi connectivity index (χ4n) is 3.40. The third-order valence-corrected chi connectivity index (χ3v) is 4.66. The Bertz CT molecular complexity index is 364. The van der Waals surface area contributed by atoms with E-state index in [2.05, 4.69) is 15.4 Å². The molecule has 0 bridgehead atoms.